The molecule has 1 N–H and O–H groups in total. The molecule has 0 saturated heterocycles. The van der Waals surface area contributed by atoms with Gasteiger partial charge in [-0.1, -0.05) is 12.2 Å². The van der Waals surface area contributed by atoms with Crippen molar-refractivity contribution in [2.24, 2.45) is 0 Å². The molecule has 0 aromatic rings. The number of ether oxygens (including phenoxy) is 4. The van der Waals surface area contributed by atoms with Crippen LogP contribution in [0.2, 0.25) is 0 Å². The summed E-state index contributed by atoms with van der Waals surface area (Å²) in [6.45, 7) is 0.310. The topological polar surface area (TPSA) is 57.2 Å². The van der Waals surface area contributed by atoms with Gasteiger partial charge >= 0.3 is 0 Å². The van der Waals surface area contributed by atoms with E-state index in [1.165, 1.54) is 7.11 Å². The maximum atomic E-state index is 9.50. The van der Waals surface area contributed by atoms with Gasteiger partial charge < -0.3 is 24.1 Å². The van der Waals surface area contributed by atoms with Gasteiger partial charge in [-0.3, -0.25) is 0 Å². The zero-order valence-corrected chi connectivity index (χ0v) is 8.38. The van der Waals surface area contributed by atoms with Gasteiger partial charge in [-0.15, -0.1) is 0 Å². The monoisotopic (exact) mass is 204 g/mol. The predicted octanol–water partition coefficient (Wildman–Crippen LogP) is -0.105. The molecule has 14 heavy (non-hydrogen) atoms. The summed E-state index contributed by atoms with van der Waals surface area (Å²) in [5.74, 6) is 0. The van der Waals surface area contributed by atoms with Crippen LogP contribution in [0.3, 0.4) is 0 Å². The largest absolute Gasteiger partial charge is 0.386 e. The van der Waals surface area contributed by atoms with Crippen molar-refractivity contribution in [1.29, 1.82) is 0 Å². The van der Waals surface area contributed by atoms with Crippen molar-refractivity contribution in [2.75, 3.05) is 27.8 Å². The van der Waals surface area contributed by atoms with E-state index in [0.717, 1.165) is 0 Å². The maximum absolute atomic E-state index is 9.50. The van der Waals surface area contributed by atoms with Crippen molar-refractivity contribution in [2.45, 2.75) is 18.3 Å². The Morgan fingerprint density at radius 3 is 2.36 bits per heavy atom. The quantitative estimate of drug-likeness (QED) is 0.483. The van der Waals surface area contributed by atoms with E-state index in [1.807, 2.05) is 0 Å². The average molecular weight is 204 g/mol. The van der Waals surface area contributed by atoms with Gasteiger partial charge in [-0.05, 0) is 0 Å². The summed E-state index contributed by atoms with van der Waals surface area (Å²) in [4.78, 5) is 0. The summed E-state index contributed by atoms with van der Waals surface area (Å²) >= 11 is 0. The van der Waals surface area contributed by atoms with Crippen LogP contribution in [0.1, 0.15) is 0 Å². The first-order chi connectivity index (χ1) is 6.79. The minimum atomic E-state index is -0.646. The van der Waals surface area contributed by atoms with Crippen LogP contribution in [0.25, 0.3) is 0 Å². The zero-order chi connectivity index (χ0) is 10.4. The standard InChI is InChI=1S/C9H16O5/c1-11-5-13-8-4-3-7(10)9(8)14-6-12-2/h3-4,7-10H,5-6H2,1-2H3/t7-,8+,9-/m0/s1. The molecule has 0 fully saturated rings. The number of rotatable bonds is 6. The molecule has 0 bridgehead atoms. The van der Waals surface area contributed by atoms with Crippen molar-refractivity contribution >= 4 is 0 Å². The Kier molecular flexibility index (Phi) is 5.06. The zero-order valence-electron chi connectivity index (χ0n) is 8.38. The lowest BCUT2D eigenvalue weighted by atomic mass is 10.2. The lowest BCUT2D eigenvalue weighted by Crippen LogP contribution is -2.35. The molecule has 0 aromatic heterocycles. The Labute approximate surface area is 83.2 Å². The highest BCUT2D eigenvalue weighted by Crippen LogP contribution is 2.18. The van der Waals surface area contributed by atoms with E-state index in [9.17, 15) is 5.11 Å². The van der Waals surface area contributed by atoms with Gasteiger partial charge in [-0.25, -0.2) is 0 Å². The maximum Gasteiger partial charge on any atom is 0.147 e. The molecule has 1 rings (SSSR count). The SMILES string of the molecule is COCO[C@H]1[C@@H](O)C=C[C@H]1OCOC. The third kappa shape index (κ3) is 3.04. The normalized spacial score (nSPS) is 31.2. The summed E-state index contributed by atoms with van der Waals surface area (Å²) < 4.78 is 20.1. The van der Waals surface area contributed by atoms with Crippen LogP contribution in [0.4, 0.5) is 0 Å². The molecule has 82 valence electrons. The van der Waals surface area contributed by atoms with Gasteiger partial charge in [0.1, 0.15) is 31.9 Å². The Bertz CT molecular complexity index is 182. The van der Waals surface area contributed by atoms with Gasteiger partial charge in [0.05, 0.1) is 0 Å². The van der Waals surface area contributed by atoms with Gasteiger partial charge in [0.25, 0.3) is 0 Å². The van der Waals surface area contributed by atoms with E-state index in [-0.39, 0.29) is 19.7 Å². The van der Waals surface area contributed by atoms with Gasteiger partial charge in [0.2, 0.25) is 0 Å². The van der Waals surface area contributed by atoms with Crippen LogP contribution in [0.5, 0.6) is 0 Å². The Morgan fingerprint density at radius 2 is 1.71 bits per heavy atom. The average Bonchev–Trinajstić information content (AvgIpc) is 2.53. The fraction of sp³-hybridized carbons (Fsp3) is 0.778. The second-order valence-corrected chi connectivity index (χ2v) is 2.95. The second-order valence-electron chi connectivity index (χ2n) is 2.95. The van der Waals surface area contributed by atoms with Crippen molar-refractivity contribution in [1.82, 2.24) is 0 Å². The minimum absolute atomic E-state index is 0.135. The molecule has 5 heteroatoms. The molecular formula is C9H16O5. The number of hydrogen-bond donors (Lipinski definition) is 1. The molecule has 0 amide bonds. The molecular weight excluding hydrogens is 188 g/mol. The molecule has 0 radical (unpaired) electrons. The summed E-state index contributed by atoms with van der Waals surface area (Å²) in [5, 5.41) is 9.50. The summed E-state index contributed by atoms with van der Waals surface area (Å²) in [6.07, 6.45) is 2.06. The lowest BCUT2D eigenvalue weighted by molar-refractivity contribution is -0.158. The molecule has 0 saturated carbocycles. The third-order valence-electron chi connectivity index (χ3n) is 1.92. The fourth-order valence-corrected chi connectivity index (χ4v) is 1.27. The van der Waals surface area contributed by atoms with Crippen molar-refractivity contribution in [3.8, 4) is 0 Å². The smallest absolute Gasteiger partial charge is 0.147 e. The van der Waals surface area contributed by atoms with Crippen LogP contribution in [-0.4, -0.2) is 51.2 Å². The van der Waals surface area contributed by atoms with Crippen molar-refractivity contribution in [3.63, 3.8) is 0 Å². The van der Waals surface area contributed by atoms with Gasteiger partial charge in [-0.2, -0.15) is 0 Å². The number of aliphatic hydroxyl groups is 1. The van der Waals surface area contributed by atoms with Crippen molar-refractivity contribution in [3.05, 3.63) is 12.2 Å². The number of aliphatic hydroxyl groups excluding tert-OH is 1. The first kappa shape index (κ1) is 11.6. The third-order valence-corrected chi connectivity index (χ3v) is 1.92. The van der Waals surface area contributed by atoms with Gasteiger partial charge in [0, 0.05) is 14.2 Å². The number of methoxy groups -OCH3 is 2. The van der Waals surface area contributed by atoms with Crippen LogP contribution in [0, 0.1) is 0 Å². The van der Waals surface area contributed by atoms with E-state index >= 15 is 0 Å². The Hall–Kier alpha value is -0.460. The summed E-state index contributed by atoms with van der Waals surface area (Å²) in [7, 11) is 3.07. The molecule has 1 aliphatic rings. The van der Waals surface area contributed by atoms with Crippen LogP contribution in [0.15, 0.2) is 12.2 Å². The molecule has 1 aliphatic carbocycles. The predicted molar refractivity (Wildman–Crippen MR) is 48.6 cm³/mol. The molecule has 0 heterocycles. The summed E-state index contributed by atoms with van der Waals surface area (Å²) in [5.41, 5.74) is 0. The minimum Gasteiger partial charge on any atom is -0.386 e. The fourth-order valence-electron chi connectivity index (χ4n) is 1.27. The van der Waals surface area contributed by atoms with Crippen LogP contribution >= 0.6 is 0 Å². The van der Waals surface area contributed by atoms with E-state index in [2.05, 4.69) is 0 Å². The van der Waals surface area contributed by atoms with E-state index < -0.39 is 12.2 Å². The molecule has 0 unspecified atom stereocenters. The highest BCUT2D eigenvalue weighted by Gasteiger charge is 2.32. The molecule has 3 atom stereocenters. The lowest BCUT2D eigenvalue weighted by Gasteiger charge is -2.22. The number of hydrogen-bond acceptors (Lipinski definition) is 5. The summed E-state index contributed by atoms with van der Waals surface area (Å²) in [6, 6.07) is 0. The van der Waals surface area contributed by atoms with E-state index in [1.54, 1.807) is 19.3 Å². The van der Waals surface area contributed by atoms with Crippen LogP contribution < -0.4 is 0 Å². The molecule has 0 aromatic carbocycles. The van der Waals surface area contributed by atoms with Crippen LogP contribution in [-0.2, 0) is 18.9 Å². The van der Waals surface area contributed by atoms with E-state index in [0.29, 0.717) is 0 Å². The van der Waals surface area contributed by atoms with Gasteiger partial charge in [0.15, 0.2) is 0 Å². The highest BCUT2D eigenvalue weighted by atomic mass is 16.7. The first-order valence-corrected chi connectivity index (χ1v) is 4.37. The second kappa shape index (κ2) is 6.10. The molecule has 5 nitrogen and oxygen atoms in total. The van der Waals surface area contributed by atoms with E-state index in [4.69, 9.17) is 18.9 Å². The highest BCUT2D eigenvalue weighted by molar-refractivity contribution is 5.10. The Morgan fingerprint density at radius 1 is 1.07 bits per heavy atom. The molecule has 0 aliphatic heterocycles. The first-order valence-electron chi connectivity index (χ1n) is 4.37. The molecule has 0 spiro atoms. The van der Waals surface area contributed by atoms with Crippen molar-refractivity contribution < 1.29 is 24.1 Å². The Balaban J connectivity index is 2.35.